The fraction of sp³-hybridized carbons (Fsp3) is 0.120. The lowest BCUT2D eigenvalue weighted by atomic mass is 10.2. The summed E-state index contributed by atoms with van der Waals surface area (Å²) in [6.07, 6.45) is -4.16. The Hall–Kier alpha value is -4.67. The largest absolute Gasteiger partial charge is 0.454 e. The van der Waals surface area contributed by atoms with Crippen LogP contribution in [0.5, 0.6) is 0 Å². The average molecular weight is 496 g/mol. The summed E-state index contributed by atoms with van der Waals surface area (Å²) in [4.78, 5) is 36.4. The third kappa shape index (κ3) is 5.87. The van der Waals surface area contributed by atoms with Crippen LogP contribution < -0.4 is 10.9 Å². The van der Waals surface area contributed by atoms with Crippen molar-refractivity contribution in [3.8, 4) is 16.9 Å². The van der Waals surface area contributed by atoms with Crippen LogP contribution in [0.1, 0.15) is 5.56 Å². The molecular weight excluding hydrogens is 477 g/mol. The number of rotatable bonds is 7. The number of benzene rings is 2. The lowest BCUT2D eigenvalue weighted by molar-refractivity contribution is -0.148. The standard InChI is InChI=1S/C25H19F3N4O4/c26-25(27,28)18-11-12-23(34)31(14-18)15-24(35)36-16-22(33)29-21-13-20(17-7-3-1-4-8-17)30-32(21)19-9-5-2-6-10-19/h1-14H,15-16H2,(H,29,33). The maximum atomic E-state index is 12.9. The van der Waals surface area contributed by atoms with Crippen molar-refractivity contribution >= 4 is 17.7 Å². The number of alkyl halides is 3. The summed E-state index contributed by atoms with van der Waals surface area (Å²) in [5.41, 5.74) is 0.188. The van der Waals surface area contributed by atoms with Crippen molar-refractivity contribution in [3.63, 3.8) is 0 Å². The van der Waals surface area contributed by atoms with Gasteiger partial charge in [-0.05, 0) is 18.2 Å². The van der Waals surface area contributed by atoms with E-state index in [9.17, 15) is 27.6 Å². The summed E-state index contributed by atoms with van der Waals surface area (Å²) in [5.74, 6) is -1.43. The van der Waals surface area contributed by atoms with Crippen LogP contribution in [0.25, 0.3) is 16.9 Å². The SMILES string of the molecule is O=C(COC(=O)Cn1cc(C(F)(F)F)ccc1=O)Nc1cc(-c2ccccc2)nn1-c1ccccc1. The quantitative estimate of drug-likeness (QED) is 0.392. The molecule has 0 spiro atoms. The van der Waals surface area contributed by atoms with E-state index in [1.165, 1.54) is 4.68 Å². The summed E-state index contributed by atoms with van der Waals surface area (Å²) >= 11 is 0. The van der Waals surface area contributed by atoms with Crippen LogP contribution in [0, 0.1) is 0 Å². The molecule has 0 radical (unpaired) electrons. The van der Waals surface area contributed by atoms with Crippen molar-refractivity contribution in [2.45, 2.75) is 12.7 Å². The number of pyridine rings is 1. The molecule has 1 amide bonds. The minimum absolute atomic E-state index is 0.315. The highest BCUT2D eigenvalue weighted by atomic mass is 19.4. The van der Waals surface area contributed by atoms with E-state index in [0.29, 0.717) is 40.1 Å². The molecule has 0 aliphatic heterocycles. The fourth-order valence-corrected chi connectivity index (χ4v) is 3.32. The molecular formula is C25H19F3N4O4. The summed E-state index contributed by atoms with van der Waals surface area (Å²) in [7, 11) is 0. The molecule has 11 heteroatoms. The average Bonchev–Trinajstić information content (AvgIpc) is 3.28. The zero-order valence-electron chi connectivity index (χ0n) is 18.6. The predicted molar refractivity (Wildman–Crippen MR) is 124 cm³/mol. The Labute approximate surface area is 202 Å². The number of nitrogens with one attached hydrogen (secondary N) is 1. The Morgan fingerprint density at radius 2 is 1.61 bits per heavy atom. The molecule has 36 heavy (non-hydrogen) atoms. The van der Waals surface area contributed by atoms with Crippen LogP contribution >= 0.6 is 0 Å². The van der Waals surface area contributed by atoms with Gasteiger partial charge in [-0.15, -0.1) is 0 Å². The predicted octanol–water partition coefficient (Wildman–Crippen LogP) is 3.90. The van der Waals surface area contributed by atoms with Gasteiger partial charge in [-0.2, -0.15) is 18.3 Å². The first-order chi connectivity index (χ1) is 17.2. The van der Waals surface area contributed by atoms with Gasteiger partial charge in [0, 0.05) is 23.9 Å². The van der Waals surface area contributed by atoms with E-state index in [1.54, 1.807) is 18.2 Å². The zero-order chi connectivity index (χ0) is 25.7. The van der Waals surface area contributed by atoms with Gasteiger partial charge in [0.2, 0.25) is 0 Å². The van der Waals surface area contributed by atoms with Gasteiger partial charge in [-0.25, -0.2) is 4.68 Å². The molecule has 0 unspecified atom stereocenters. The van der Waals surface area contributed by atoms with Gasteiger partial charge in [0.1, 0.15) is 12.4 Å². The number of para-hydroxylation sites is 1. The Morgan fingerprint density at radius 3 is 2.28 bits per heavy atom. The lowest BCUT2D eigenvalue weighted by Gasteiger charge is -2.11. The first-order valence-electron chi connectivity index (χ1n) is 10.6. The maximum absolute atomic E-state index is 12.9. The van der Waals surface area contributed by atoms with Gasteiger partial charge in [0.05, 0.1) is 16.9 Å². The summed E-state index contributed by atoms with van der Waals surface area (Å²) in [6, 6.07) is 21.3. The van der Waals surface area contributed by atoms with Crippen molar-refractivity contribution in [1.82, 2.24) is 14.3 Å². The lowest BCUT2D eigenvalue weighted by Crippen LogP contribution is -2.28. The first kappa shape index (κ1) is 24.5. The number of nitrogens with zero attached hydrogens (tertiary/aromatic N) is 3. The third-order valence-corrected chi connectivity index (χ3v) is 5.02. The molecule has 184 valence electrons. The number of hydrogen-bond acceptors (Lipinski definition) is 5. The van der Waals surface area contributed by atoms with E-state index in [0.717, 1.165) is 5.56 Å². The normalized spacial score (nSPS) is 11.2. The Morgan fingerprint density at radius 1 is 0.944 bits per heavy atom. The highest BCUT2D eigenvalue weighted by Crippen LogP contribution is 2.28. The Bertz CT molecular complexity index is 1430. The second-order valence-electron chi connectivity index (χ2n) is 7.62. The second kappa shape index (κ2) is 10.3. The number of ether oxygens (including phenoxy) is 1. The zero-order valence-corrected chi connectivity index (χ0v) is 18.6. The summed E-state index contributed by atoms with van der Waals surface area (Å²) in [6.45, 7) is -1.50. The van der Waals surface area contributed by atoms with Crippen molar-refractivity contribution in [1.29, 1.82) is 0 Å². The van der Waals surface area contributed by atoms with E-state index >= 15 is 0 Å². The third-order valence-electron chi connectivity index (χ3n) is 5.02. The van der Waals surface area contributed by atoms with Crippen LogP contribution in [0.3, 0.4) is 0 Å². The molecule has 0 aliphatic rings. The Kier molecular flexibility index (Phi) is 7.00. The molecule has 0 aliphatic carbocycles. The minimum atomic E-state index is -4.68. The highest BCUT2D eigenvalue weighted by Gasteiger charge is 2.31. The number of carbonyl (C=O) groups excluding carboxylic acids is 2. The minimum Gasteiger partial charge on any atom is -0.454 e. The maximum Gasteiger partial charge on any atom is 0.417 e. The van der Waals surface area contributed by atoms with Gasteiger partial charge >= 0.3 is 12.1 Å². The number of carbonyl (C=O) groups is 2. The van der Waals surface area contributed by atoms with E-state index in [2.05, 4.69) is 10.4 Å². The number of aromatic nitrogens is 3. The van der Waals surface area contributed by atoms with E-state index < -0.39 is 42.3 Å². The van der Waals surface area contributed by atoms with Gasteiger partial charge in [-0.1, -0.05) is 48.5 Å². The van der Waals surface area contributed by atoms with Gasteiger partial charge < -0.3 is 14.6 Å². The van der Waals surface area contributed by atoms with E-state index in [4.69, 9.17) is 4.74 Å². The molecule has 8 nitrogen and oxygen atoms in total. The summed E-state index contributed by atoms with van der Waals surface area (Å²) < 4.78 is 45.6. The highest BCUT2D eigenvalue weighted by molar-refractivity contribution is 5.93. The molecule has 0 bridgehead atoms. The van der Waals surface area contributed by atoms with E-state index in [1.807, 2.05) is 48.5 Å². The van der Waals surface area contributed by atoms with Crippen molar-refractivity contribution in [3.05, 3.63) is 101 Å². The van der Waals surface area contributed by atoms with E-state index in [-0.39, 0.29) is 0 Å². The molecule has 4 rings (SSSR count). The number of esters is 1. The van der Waals surface area contributed by atoms with Gasteiger partial charge in [0.15, 0.2) is 6.61 Å². The second-order valence-corrected chi connectivity index (χ2v) is 7.62. The van der Waals surface area contributed by atoms with Crippen LogP contribution in [0.15, 0.2) is 89.9 Å². The number of anilines is 1. The van der Waals surface area contributed by atoms with Crippen LogP contribution in [0.4, 0.5) is 19.0 Å². The van der Waals surface area contributed by atoms with Gasteiger partial charge in [-0.3, -0.25) is 14.4 Å². The van der Waals surface area contributed by atoms with Crippen LogP contribution in [-0.2, 0) is 27.0 Å². The summed E-state index contributed by atoms with van der Waals surface area (Å²) in [5, 5.41) is 7.18. The number of halogens is 3. The molecule has 0 fully saturated rings. The Balaban J connectivity index is 1.45. The number of amides is 1. The van der Waals surface area contributed by atoms with Crippen LogP contribution in [-0.4, -0.2) is 32.8 Å². The smallest absolute Gasteiger partial charge is 0.417 e. The molecule has 1 N–H and O–H groups in total. The molecule has 0 atom stereocenters. The monoisotopic (exact) mass is 496 g/mol. The molecule has 0 saturated carbocycles. The van der Waals surface area contributed by atoms with Gasteiger partial charge in [0.25, 0.3) is 11.5 Å². The molecule has 2 aromatic carbocycles. The van der Waals surface area contributed by atoms with Crippen LogP contribution in [0.2, 0.25) is 0 Å². The molecule has 4 aromatic rings. The molecule has 2 heterocycles. The fourth-order valence-electron chi connectivity index (χ4n) is 3.32. The molecule has 2 aromatic heterocycles. The molecule has 0 saturated heterocycles. The van der Waals surface area contributed by atoms with Crippen molar-refractivity contribution < 1.29 is 27.5 Å². The van der Waals surface area contributed by atoms with Crippen molar-refractivity contribution in [2.24, 2.45) is 0 Å². The topological polar surface area (TPSA) is 95.2 Å². The first-order valence-corrected chi connectivity index (χ1v) is 10.6. The van der Waals surface area contributed by atoms with Crippen molar-refractivity contribution in [2.75, 3.05) is 11.9 Å². The number of hydrogen-bond donors (Lipinski definition) is 1.